The number of carbonyl (C=O) groups is 1. The van der Waals surface area contributed by atoms with E-state index < -0.39 is 18.2 Å². The van der Waals surface area contributed by atoms with Gasteiger partial charge in [-0.25, -0.2) is 0 Å². The lowest BCUT2D eigenvalue weighted by atomic mass is 10.0. The lowest BCUT2D eigenvalue weighted by Gasteiger charge is -2.21. The molecule has 0 fully saturated rings. The molecule has 0 saturated carbocycles. The van der Waals surface area contributed by atoms with Gasteiger partial charge in [-0.3, -0.25) is 4.79 Å². The molecular formula is C40H77NO4. The molecule has 4 N–H and O–H groups in total. The highest BCUT2D eigenvalue weighted by Gasteiger charge is 2.20. The van der Waals surface area contributed by atoms with Crippen LogP contribution in [0.2, 0.25) is 0 Å². The zero-order chi connectivity index (χ0) is 33.1. The van der Waals surface area contributed by atoms with E-state index in [-0.39, 0.29) is 18.9 Å². The minimum atomic E-state index is -0.947. The monoisotopic (exact) mass is 636 g/mol. The summed E-state index contributed by atoms with van der Waals surface area (Å²) in [5, 5.41) is 33.1. The van der Waals surface area contributed by atoms with Gasteiger partial charge in [-0.2, -0.15) is 0 Å². The van der Waals surface area contributed by atoms with Crippen LogP contribution in [0, 0.1) is 0 Å². The average Bonchev–Trinajstić information content (AvgIpc) is 3.03. The molecule has 5 heteroatoms. The minimum Gasteiger partial charge on any atom is -0.394 e. The van der Waals surface area contributed by atoms with E-state index in [1.165, 1.54) is 141 Å². The SMILES string of the molecule is CCCCCCCCCCCCC/C=C/CC/C=C/C(O)C(CO)NC(=O)CC(O)CCCCCCCCCCCCCCC. The number of carbonyl (C=O) groups excluding carboxylic acids is 1. The Morgan fingerprint density at radius 1 is 0.556 bits per heavy atom. The second-order valence-corrected chi connectivity index (χ2v) is 13.5. The van der Waals surface area contributed by atoms with Crippen LogP contribution in [0.1, 0.15) is 200 Å². The molecule has 0 aromatic carbocycles. The van der Waals surface area contributed by atoms with Crippen LogP contribution in [0.25, 0.3) is 0 Å². The Morgan fingerprint density at radius 3 is 1.42 bits per heavy atom. The summed E-state index contributed by atoms with van der Waals surface area (Å²) in [5.74, 6) is -0.325. The van der Waals surface area contributed by atoms with Gasteiger partial charge in [0.25, 0.3) is 0 Å². The summed E-state index contributed by atoms with van der Waals surface area (Å²) in [6, 6.07) is -0.756. The maximum Gasteiger partial charge on any atom is 0.222 e. The normalized spacial score (nSPS) is 14.0. The number of hydrogen-bond acceptors (Lipinski definition) is 4. The topological polar surface area (TPSA) is 89.8 Å². The summed E-state index contributed by atoms with van der Waals surface area (Å²) in [4.78, 5) is 12.4. The summed E-state index contributed by atoms with van der Waals surface area (Å²) in [6.07, 6.45) is 41.6. The van der Waals surface area contributed by atoms with Crippen molar-refractivity contribution in [1.82, 2.24) is 5.32 Å². The Bertz CT molecular complexity index is 665. The van der Waals surface area contributed by atoms with Crippen LogP contribution in [0.15, 0.2) is 24.3 Å². The molecule has 0 radical (unpaired) electrons. The van der Waals surface area contributed by atoms with Gasteiger partial charge < -0.3 is 20.6 Å². The number of nitrogens with one attached hydrogen (secondary N) is 1. The van der Waals surface area contributed by atoms with Crippen molar-refractivity contribution in [2.24, 2.45) is 0 Å². The second-order valence-electron chi connectivity index (χ2n) is 13.5. The summed E-state index contributed by atoms with van der Waals surface area (Å²) in [5.41, 5.74) is 0. The van der Waals surface area contributed by atoms with Gasteiger partial charge in [0.2, 0.25) is 5.91 Å². The zero-order valence-electron chi connectivity index (χ0n) is 30.0. The van der Waals surface area contributed by atoms with Crippen LogP contribution in [0.4, 0.5) is 0 Å². The molecule has 45 heavy (non-hydrogen) atoms. The number of amides is 1. The van der Waals surface area contributed by atoms with Crippen molar-refractivity contribution in [3.63, 3.8) is 0 Å². The molecule has 0 aromatic heterocycles. The van der Waals surface area contributed by atoms with Gasteiger partial charge >= 0.3 is 0 Å². The minimum absolute atomic E-state index is 0.00904. The van der Waals surface area contributed by atoms with Crippen molar-refractivity contribution in [1.29, 1.82) is 0 Å². The van der Waals surface area contributed by atoms with Crippen LogP contribution in [-0.4, -0.2) is 46.1 Å². The highest BCUT2D eigenvalue weighted by atomic mass is 16.3. The molecule has 0 rings (SSSR count). The van der Waals surface area contributed by atoms with Gasteiger partial charge in [0.05, 0.1) is 31.3 Å². The summed E-state index contributed by atoms with van der Waals surface area (Å²) >= 11 is 0. The second kappa shape index (κ2) is 35.7. The molecular weight excluding hydrogens is 558 g/mol. The first kappa shape index (κ1) is 43.8. The molecule has 0 bridgehead atoms. The Kier molecular flexibility index (Phi) is 34.8. The fraction of sp³-hybridized carbons (Fsp3) is 0.875. The van der Waals surface area contributed by atoms with Crippen molar-refractivity contribution < 1.29 is 20.1 Å². The molecule has 0 saturated heterocycles. The van der Waals surface area contributed by atoms with Gasteiger partial charge in [0.1, 0.15) is 0 Å². The first-order valence-corrected chi connectivity index (χ1v) is 19.6. The number of unbranched alkanes of at least 4 members (excludes halogenated alkanes) is 24. The molecule has 0 aliphatic rings. The fourth-order valence-electron chi connectivity index (χ4n) is 5.94. The summed E-state index contributed by atoms with van der Waals surface area (Å²) in [7, 11) is 0. The number of rotatable bonds is 35. The molecule has 266 valence electrons. The lowest BCUT2D eigenvalue weighted by Crippen LogP contribution is -2.45. The van der Waals surface area contributed by atoms with Crippen molar-refractivity contribution in [3.8, 4) is 0 Å². The van der Waals surface area contributed by atoms with Crippen LogP contribution in [0.3, 0.4) is 0 Å². The maximum absolute atomic E-state index is 12.4. The maximum atomic E-state index is 12.4. The molecule has 0 aliphatic carbocycles. The van der Waals surface area contributed by atoms with Crippen LogP contribution in [-0.2, 0) is 4.79 Å². The Balaban J connectivity index is 3.75. The Hall–Kier alpha value is -1.17. The first-order chi connectivity index (χ1) is 22.0. The summed E-state index contributed by atoms with van der Waals surface area (Å²) in [6.45, 7) is 4.19. The third-order valence-electron chi connectivity index (χ3n) is 8.99. The van der Waals surface area contributed by atoms with E-state index in [9.17, 15) is 20.1 Å². The molecule has 0 aliphatic heterocycles. The first-order valence-electron chi connectivity index (χ1n) is 19.6. The third-order valence-corrected chi connectivity index (χ3v) is 8.99. The van der Waals surface area contributed by atoms with E-state index in [1.807, 2.05) is 6.08 Å². The van der Waals surface area contributed by atoms with Gasteiger partial charge in [-0.05, 0) is 32.1 Å². The molecule has 3 atom stereocenters. The van der Waals surface area contributed by atoms with Crippen molar-refractivity contribution in [3.05, 3.63) is 24.3 Å². The average molecular weight is 636 g/mol. The van der Waals surface area contributed by atoms with E-state index in [0.29, 0.717) is 6.42 Å². The van der Waals surface area contributed by atoms with Gasteiger partial charge in [-0.15, -0.1) is 0 Å². The number of aliphatic hydroxyl groups excluding tert-OH is 3. The predicted molar refractivity (Wildman–Crippen MR) is 195 cm³/mol. The van der Waals surface area contributed by atoms with E-state index in [0.717, 1.165) is 32.1 Å². The van der Waals surface area contributed by atoms with Gasteiger partial charge in [-0.1, -0.05) is 186 Å². The molecule has 3 unspecified atom stereocenters. The van der Waals surface area contributed by atoms with Crippen LogP contribution >= 0.6 is 0 Å². The van der Waals surface area contributed by atoms with Crippen LogP contribution in [0.5, 0.6) is 0 Å². The van der Waals surface area contributed by atoms with Crippen LogP contribution < -0.4 is 5.32 Å². The van der Waals surface area contributed by atoms with Gasteiger partial charge in [0, 0.05) is 0 Å². The largest absolute Gasteiger partial charge is 0.394 e. The zero-order valence-corrected chi connectivity index (χ0v) is 30.0. The molecule has 5 nitrogen and oxygen atoms in total. The Labute approximate surface area is 280 Å². The smallest absolute Gasteiger partial charge is 0.222 e. The van der Waals surface area contributed by atoms with Crippen molar-refractivity contribution in [2.75, 3.05) is 6.61 Å². The predicted octanol–water partition coefficient (Wildman–Crippen LogP) is 10.7. The highest BCUT2D eigenvalue weighted by Crippen LogP contribution is 2.15. The van der Waals surface area contributed by atoms with E-state index >= 15 is 0 Å². The van der Waals surface area contributed by atoms with Gasteiger partial charge in [0.15, 0.2) is 0 Å². The van der Waals surface area contributed by atoms with E-state index in [1.54, 1.807) is 6.08 Å². The number of aliphatic hydroxyl groups is 3. The molecule has 0 heterocycles. The van der Waals surface area contributed by atoms with Crippen molar-refractivity contribution in [2.45, 2.75) is 218 Å². The number of allylic oxidation sites excluding steroid dienone is 3. The highest BCUT2D eigenvalue weighted by molar-refractivity contribution is 5.76. The Morgan fingerprint density at radius 2 is 0.956 bits per heavy atom. The van der Waals surface area contributed by atoms with E-state index in [2.05, 4.69) is 31.3 Å². The van der Waals surface area contributed by atoms with E-state index in [4.69, 9.17) is 0 Å². The van der Waals surface area contributed by atoms with Crippen molar-refractivity contribution >= 4 is 5.91 Å². The quantitative estimate of drug-likeness (QED) is 0.0412. The number of hydrogen-bond donors (Lipinski definition) is 4. The lowest BCUT2D eigenvalue weighted by molar-refractivity contribution is -0.124. The molecule has 1 amide bonds. The molecule has 0 aromatic rings. The standard InChI is InChI=1S/C40H77NO4/c1-3-5-7-9-11-13-15-17-18-19-20-22-24-26-28-30-32-34-39(44)38(36-42)41-40(45)35-37(43)33-31-29-27-25-23-21-16-14-12-10-8-6-4-2/h24,26,32,34,37-39,42-44H,3-23,25,27-31,33,35-36H2,1-2H3,(H,41,45)/b26-24+,34-32+. The summed E-state index contributed by atoms with van der Waals surface area (Å²) < 4.78 is 0. The third kappa shape index (κ3) is 32.6. The fourth-order valence-corrected chi connectivity index (χ4v) is 5.94. The molecule has 0 spiro atoms.